The van der Waals surface area contributed by atoms with Crippen LogP contribution in [0.1, 0.15) is 70.3 Å². The highest BCUT2D eigenvalue weighted by Gasteiger charge is 2.71. The zero-order chi connectivity index (χ0) is 25.2. The Labute approximate surface area is 212 Å². The molecule has 1 aromatic rings. The standard InChI is InChI=1S/C29H38N2O5/c1-26-8-3-23-24(29(26,35)11-5-22(26)20-14-25(33)36-17-20)4-10-28(34)15-21(32)2-9-27(23,28)18-31-16-19-6-12-30-13-7-19/h6-7,12-14,18,21-24,32,34-35H,2-5,8-11,15-17H2,1H3/t21-,22+,23-,24+,26+,27-,28-,29+/m0/s1. The molecule has 4 aliphatic carbocycles. The fraction of sp³-hybridized carbons (Fsp3) is 0.690. The lowest BCUT2D eigenvalue weighted by Crippen LogP contribution is -2.68. The van der Waals surface area contributed by atoms with E-state index in [-0.39, 0.29) is 29.1 Å². The number of pyridine rings is 1. The van der Waals surface area contributed by atoms with Crippen LogP contribution < -0.4 is 0 Å². The van der Waals surface area contributed by atoms with Crippen molar-refractivity contribution in [3.8, 4) is 0 Å². The number of ether oxygens (including phenoxy) is 1. The van der Waals surface area contributed by atoms with E-state index in [2.05, 4.69) is 11.9 Å². The van der Waals surface area contributed by atoms with Gasteiger partial charge in [0.15, 0.2) is 0 Å². The fourth-order valence-corrected chi connectivity index (χ4v) is 9.16. The Bertz CT molecular complexity index is 1090. The van der Waals surface area contributed by atoms with Gasteiger partial charge in [-0.25, -0.2) is 4.79 Å². The first-order chi connectivity index (χ1) is 17.2. The van der Waals surface area contributed by atoms with Gasteiger partial charge in [-0.05, 0) is 92.4 Å². The molecular formula is C29H38N2O5. The number of fused-ring (bicyclic) bond motifs is 5. The largest absolute Gasteiger partial charge is 0.458 e. The van der Waals surface area contributed by atoms with Gasteiger partial charge in [0.05, 0.1) is 23.9 Å². The van der Waals surface area contributed by atoms with Crippen molar-refractivity contribution in [2.75, 3.05) is 6.61 Å². The number of nitrogens with zero attached hydrogens (tertiary/aromatic N) is 2. The third kappa shape index (κ3) is 3.38. The van der Waals surface area contributed by atoms with Crippen LogP contribution in [0.25, 0.3) is 0 Å². The first kappa shape index (κ1) is 24.3. The molecule has 3 N–H and O–H groups in total. The number of aliphatic hydroxyl groups is 3. The lowest BCUT2D eigenvalue weighted by Gasteiger charge is -2.65. The van der Waals surface area contributed by atoms with Crippen molar-refractivity contribution >= 4 is 12.2 Å². The van der Waals surface area contributed by atoms with E-state index in [4.69, 9.17) is 9.73 Å². The van der Waals surface area contributed by atoms with Crippen molar-refractivity contribution in [3.05, 3.63) is 41.7 Å². The number of rotatable bonds is 4. The highest BCUT2D eigenvalue weighted by Crippen LogP contribution is 2.70. The normalized spacial score (nSPS) is 46.1. The van der Waals surface area contributed by atoms with Crippen LogP contribution in [0.3, 0.4) is 0 Å². The summed E-state index contributed by atoms with van der Waals surface area (Å²) in [6.07, 6.45) is 12.9. The topological polar surface area (TPSA) is 112 Å². The van der Waals surface area contributed by atoms with E-state index in [0.717, 1.165) is 36.8 Å². The molecule has 0 spiro atoms. The molecule has 0 radical (unpaired) electrons. The van der Waals surface area contributed by atoms with Crippen LogP contribution in [0.2, 0.25) is 0 Å². The highest BCUT2D eigenvalue weighted by atomic mass is 16.5. The second-order valence-corrected chi connectivity index (χ2v) is 12.3. The van der Waals surface area contributed by atoms with Crippen LogP contribution in [-0.2, 0) is 16.1 Å². The van der Waals surface area contributed by atoms with Crippen molar-refractivity contribution < 1.29 is 24.9 Å². The summed E-state index contributed by atoms with van der Waals surface area (Å²) in [7, 11) is 0. The average molecular weight is 495 g/mol. The van der Waals surface area contributed by atoms with Gasteiger partial charge in [-0.15, -0.1) is 0 Å². The molecule has 194 valence electrons. The molecule has 0 aromatic carbocycles. The van der Waals surface area contributed by atoms with Crippen molar-refractivity contribution in [2.24, 2.45) is 33.6 Å². The van der Waals surface area contributed by atoms with Crippen molar-refractivity contribution in [3.63, 3.8) is 0 Å². The SMILES string of the molecule is C[C@]12CC[C@H]3[C@@H](CC[C@]4(O)C[C@@H](O)CC[C@]34C=NCc3ccncc3)[C@]1(O)CC[C@@H]2C1=CC(=O)OC1. The Morgan fingerprint density at radius 1 is 1.08 bits per heavy atom. The molecule has 0 bridgehead atoms. The molecule has 0 saturated heterocycles. The average Bonchev–Trinajstić information content (AvgIpc) is 3.40. The summed E-state index contributed by atoms with van der Waals surface area (Å²) in [5.74, 6) is 0.00532. The molecule has 36 heavy (non-hydrogen) atoms. The first-order valence-electron chi connectivity index (χ1n) is 13.6. The van der Waals surface area contributed by atoms with E-state index in [1.165, 1.54) is 0 Å². The molecule has 7 nitrogen and oxygen atoms in total. The molecule has 6 rings (SSSR count). The molecule has 5 aliphatic rings. The quantitative estimate of drug-likeness (QED) is 0.437. The maximum Gasteiger partial charge on any atom is 0.331 e. The maximum absolute atomic E-state index is 12.5. The number of esters is 1. The van der Waals surface area contributed by atoms with Gasteiger partial charge in [0.1, 0.15) is 6.61 Å². The molecule has 4 fully saturated rings. The lowest BCUT2D eigenvalue weighted by molar-refractivity contribution is -0.237. The Morgan fingerprint density at radius 2 is 1.86 bits per heavy atom. The molecule has 7 heteroatoms. The van der Waals surface area contributed by atoms with Crippen LogP contribution in [0.4, 0.5) is 0 Å². The number of cyclic esters (lactones) is 1. The van der Waals surface area contributed by atoms with Crippen molar-refractivity contribution in [1.82, 2.24) is 4.98 Å². The van der Waals surface area contributed by atoms with E-state index >= 15 is 0 Å². The minimum atomic E-state index is -1.02. The van der Waals surface area contributed by atoms with Crippen molar-refractivity contribution in [2.45, 2.75) is 88.6 Å². The number of hydrogen-bond donors (Lipinski definition) is 3. The van der Waals surface area contributed by atoms with Crippen LogP contribution in [0.5, 0.6) is 0 Å². The number of aromatic nitrogens is 1. The number of aliphatic imine (C=N–C) groups is 1. The van der Waals surface area contributed by atoms with E-state index in [1.54, 1.807) is 18.5 Å². The maximum atomic E-state index is 12.5. The second-order valence-electron chi connectivity index (χ2n) is 12.3. The van der Waals surface area contributed by atoms with E-state index < -0.39 is 22.7 Å². The van der Waals surface area contributed by atoms with E-state index in [1.807, 2.05) is 18.3 Å². The van der Waals surface area contributed by atoms with E-state index in [9.17, 15) is 20.1 Å². The van der Waals surface area contributed by atoms with Gasteiger partial charge < -0.3 is 20.1 Å². The number of carbonyl (C=O) groups is 1. The van der Waals surface area contributed by atoms with Crippen LogP contribution in [0, 0.1) is 28.6 Å². The molecule has 1 aliphatic heterocycles. The second kappa shape index (κ2) is 8.47. The fourth-order valence-electron chi connectivity index (χ4n) is 9.16. The van der Waals surface area contributed by atoms with Crippen LogP contribution in [-0.4, -0.2) is 56.4 Å². The molecule has 8 atom stereocenters. The van der Waals surface area contributed by atoms with Gasteiger partial charge in [-0.1, -0.05) is 6.92 Å². The number of hydrogen-bond acceptors (Lipinski definition) is 7. The van der Waals surface area contributed by atoms with E-state index in [0.29, 0.717) is 45.3 Å². The molecule has 2 heterocycles. The molecule has 4 saturated carbocycles. The minimum absolute atomic E-state index is 0.0442. The minimum Gasteiger partial charge on any atom is -0.458 e. The van der Waals surface area contributed by atoms with Crippen LogP contribution in [0.15, 0.2) is 41.2 Å². The summed E-state index contributed by atoms with van der Waals surface area (Å²) in [5.41, 5.74) is -0.686. The summed E-state index contributed by atoms with van der Waals surface area (Å²) in [6, 6.07) is 3.91. The smallest absolute Gasteiger partial charge is 0.331 e. The zero-order valence-corrected chi connectivity index (χ0v) is 21.1. The van der Waals surface area contributed by atoms with Gasteiger partial charge in [-0.3, -0.25) is 9.98 Å². The summed E-state index contributed by atoms with van der Waals surface area (Å²) in [5, 5.41) is 35.1. The third-order valence-electron chi connectivity index (χ3n) is 11.0. The Morgan fingerprint density at radius 3 is 2.61 bits per heavy atom. The van der Waals surface area contributed by atoms with Gasteiger partial charge in [0, 0.05) is 41.9 Å². The molecule has 0 amide bonds. The lowest BCUT2D eigenvalue weighted by atomic mass is 9.41. The van der Waals surface area contributed by atoms with Gasteiger partial charge in [-0.2, -0.15) is 0 Å². The highest BCUT2D eigenvalue weighted by molar-refractivity contribution is 5.85. The molecule has 0 unspecified atom stereocenters. The third-order valence-corrected chi connectivity index (χ3v) is 11.0. The monoisotopic (exact) mass is 494 g/mol. The van der Waals surface area contributed by atoms with Gasteiger partial charge >= 0.3 is 5.97 Å². The molecule has 1 aromatic heterocycles. The van der Waals surface area contributed by atoms with Gasteiger partial charge in [0.25, 0.3) is 0 Å². The predicted octanol–water partition coefficient (Wildman–Crippen LogP) is 3.37. The Kier molecular flexibility index (Phi) is 5.71. The molecular weight excluding hydrogens is 456 g/mol. The summed E-state index contributed by atoms with van der Waals surface area (Å²) < 4.78 is 5.24. The summed E-state index contributed by atoms with van der Waals surface area (Å²) >= 11 is 0. The Balaban J connectivity index is 1.35. The van der Waals surface area contributed by atoms with Crippen molar-refractivity contribution in [1.29, 1.82) is 0 Å². The number of carbonyl (C=O) groups excluding carboxylic acids is 1. The predicted molar refractivity (Wildman–Crippen MR) is 134 cm³/mol. The number of aliphatic hydroxyl groups excluding tert-OH is 1. The van der Waals surface area contributed by atoms with Gasteiger partial charge in [0.2, 0.25) is 0 Å². The first-order valence-corrected chi connectivity index (χ1v) is 13.6. The Hall–Kier alpha value is -2.09. The van der Waals surface area contributed by atoms with Crippen LogP contribution >= 0.6 is 0 Å². The summed E-state index contributed by atoms with van der Waals surface area (Å²) in [4.78, 5) is 20.8. The zero-order valence-electron chi connectivity index (χ0n) is 21.1. The summed E-state index contributed by atoms with van der Waals surface area (Å²) in [6.45, 7) is 3.07.